The standard InChI is InChI=1S/C18H26N2O/c1-12-5-4-6-15(8-12)18-19-11-17(21)20(18)16-9-13(2)7-14(3)10-16/h4-6,8,13-14,16,18-19H,7,9-11H2,1-3H3. The van der Waals surface area contributed by atoms with Crippen LogP contribution in [-0.4, -0.2) is 23.4 Å². The second kappa shape index (κ2) is 5.80. The molecule has 1 saturated heterocycles. The Balaban J connectivity index is 1.85. The molecular formula is C18H26N2O. The zero-order chi connectivity index (χ0) is 15.0. The molecule has 1 saturated carbocycles. The summed E-state index contributed by atoms with van der Waals surface area (Å²) in [4.78, 5) is 14.5. The van der Waals surface area contributed by atoms with Crippen LogP contribution < -0.4 is 5.32 Å². The molecule has 1 aromatic rings. The number of aryl methyl sites for hydroxylation is 1. The van der Waals surface area contributed by atoms with Crippen LogP contribution in [0.15, 0.2) is 24.3 Å². The lowest BCUT2D eigenvalue weighted by atomic mass is 9.79. The maximum atomic E-state index is 12.4. The van der Waals surface area contributed by atoms with E-state index in [1.165, 1.54) is 17.5 Å². The Morgan fingerprint density at radius 3 is 2.52 bits per heavy atom. The van der Waals surface area contributed by atoms with Crippen molar-refractivity contribution in [2.45, 2.75) is 52.2 Å². The fourth-order valence-corrected chi connectivity index (χ4v) is 4.18. The predicted molar refractivity (Wildman–Crippen MR) is 84.7 cm³/mol. The molecule has 2 aliphatic rings. The van der Waals surface area contributed by atoms with Gasteiger partial charge in [-0.15, -0.1) is 0 Å². The molecule has 1 aliphatic carbocycles. The minimum atomic E-state index is 0.0555. The van der Waals surface area contributed by atoms with Gasteiger partial charge in [-0.1, -0.05) is 43.7 Å². The van der Waals surface area contributed by atoms with Crippen molar-refractivity contribution in [2.75, 3.05) is 6.54 Å². The highest BCUT2D eigenvalue weighted by Gasteiger charge is 2.39. The lowest BCUT2D eigenvalue weighted by Gasteiger charge is -2.40. The van der Waals surface area contributed by atoms with Crippen LogP contribution in [-0.2, 0) is 4.79 Å². The first-order valence-electron chi connectivity index (χ1n) is 8.15. The molecule has 3 rings (SSSR count). The Morgan fingerprint density at radius 1 is 1.14 bits per heavy atom. The van der Waals surface area contributed by atoms with Crippen molar-refractivity contribution in [1.82, 2.24) is 10.2 Å². The van der Waals surface area contributed by atoms with Gasteiger partial charge in [0, 0.05) is 6.04 Å². The number of carbonyl (C=O) groups excluding carboxylic acids is 1. The van der Waals surface area contributed by atoms with Gasteiger partial charge in [0.2, 0.25) is 5.91 Å². The number of nitrogens with one attached hydrogen (secondary N) is 1. The molecule has 114 valence electrons. The molecule has 1 aromatic carbocycles. The maximum absolute atomic E-state index is 12.4. The fraction of sp³-hybridized carbons (Fsp3) is 0.611. The number of amides is 1. The van der Waals surface area contributed by atoms with E-state index in [1.807, 2.05) is 0 Å². The third-order valence-electron chi connectivity index (χ3n) is 4.92. The lowest BCUT2D eigenvalue weighted by molar-refractivity contribution is -0.131. The third kappa shape index (κ3) is 2.98. The quantitative estimate of drug-likeness (QED) is 0.905. The van der Waals surface area contributed by atoms with Crippen LogP contribution in [0.2, 0.25) is 0 Å². The molecule has 0 aromatic heterocycles. The summed E-state index contributed by atoms with van der Waals surface area (Å²) in [6.07, 6.45) is 3.63. The van der Waals surface area contributed by atoms with Gasteiger partial charge in [-0.05, 0) is 43.6 Å². The third-order valence-corrected chi connectivity index (χ3v) is 4.92. The molecule has 21 heavy (non-hydrogen) atoms. The van der Waals surface area contributed by atoms with Crippen molar-refractivity contribution in [3.05, 3.63) is 35.4 Å². The van der Waals surface area contributed by atoms with Crippen molar-refractivity contribution in [1.29, 1.82) is 0 Å². The topological polar surface area (TPSA) is 32.3 Å². The Morgan fingerprint density at radius 2 is 1.86 bits per heavy atom. The Bertz CT molecular complexity index is 518. The van der Waals surface area contributed by atoms with Crippen molar-refractivity contribution >= 4 is 5.91 Å². The SMILES string of the molecule is Cc1cccc(C2NCC(=O)N2C2CC(C)CC(C)C2)c1. The van der Waals surface area contributed by atoms with E-state index in [0.29, 0.717) is 24.4 Å². The second-order valence-electron chi connectivity index (χ2n) is 7.07. The number of carbonyl (C=O) groups is 1. The van der Waals surface area contributed by atoms with Gasteiger partial charge in [0.05, 0.1) is 6.54 Å². The van der Waals surface area contributed by atoms with Crippen molar-refractivity contribution in [3.63, 3.8) is 0 Å². The van der Waals surface area contributed by atoms with Gasteiger partial charge in [-0.3, -0.25) is 10.1 Å². The molecule has 1 heterocycles. The van der Waals surface area contributed by atoms with Crippen molar-refractivity contribution in [2.24, 2.45) is 11.8 Å². The van der Waals surface area contributed by atoms with Gasteiger partial charge in [-0.2, -0.15) is 0 Å². The van der Waals surface area contributed by atoms with E-state index in [1.54, 1.807) is 0 Å². The average Bonchev–Trinajstić information content (AvgIpc) is 2.79. The molecule has 3 atom stereocenters. The van der Waals surface area contributed by atoms with Crippen LogP contribution in [0, 0.1) is 18.8 Å². The van der Waals surface area contributed by atoms with E-state index in [-0.39, 0.29) is 12.1 Å². The molecule has 0 bridgehead atoms. The minimum absolute atomic E-state index is 0.0555. The molecule has 2 fully saturated rings. The summed E-state index contributed by atoms with van der Waals surface area (Å²) >= 11 is 0. The van der Waals surface area contributed by atoms with Crippen molar-refractivity contribution in [3.8, 4) is 0 Å². The summed E-state index contributed by atoms with van der Waals surface area (Å²) < 4.78 is 0. The van der Waals surface area contributed by atoms with Crippen LogP contribution in [0.5, 0.6) is 0 Å². The van der Waals surface area contributed by atoms with Gasteiger partial charge >= 0.3 is 0 Å². The van der Waals surface area contributed by atoms with Gasteiger partial charge < -0.3 is 4.90 Å². The predicted octanol–water partition coefficient (Wildman–Crippen LogP) is 3.25. The number of hydrogen-bond acceptors (Lipinski definition) is 2. The van der Waals surface area contributed by atoms with Crippen LogP contribution >= 0.6 is 0 Å². The molecule has 3 nitrogen and oxygen atoms in total. The zero-order valence-electron chi connectivity index (χ0n) is 13.3. The largest absolute Gasteiger partial charge is 0.319 e. The van der Waals surface area contributed by atoms with E-state index in [9.17, 15) is 4.79 Å². The van der Waals surface area contributed by atoms with Crippen LogP contribution in [0.4, 0.5) is 0 Å². The second-order valence-corrected chi connectivity index (χ2v) is 7.07. The normalized spacial score (nSPS) is 33.5. The Hall–Kier alpha value is -1.35. The summed E-state index contributed by atoms with van der Waals surface area (Å²) in [6, 6.07) is 8.90. The molecular weight excluding hydrogens is 260 g/mol. The maximum Gasteiger partial charge on any atom is 0.238 e. The summed E-state index contributed by atoms with van der Waals surface area (Å²) in [5, 5.41) is 3.40. The zero-order valence-corrected chi connectivity index (χ0v) is 13.3. The van der Waals surface area contributed by atoms with Gasteiger partial charge in [-0.25, -0.2) is 0 Å². The van der Waals surface area contributed by atoms with E-state index in [4.69, 9.17) is 0 Å². The van der Waals surface area contributed by atoms with E-state index < -0.39 is 0 Å². The molecule has 0 spiro atoms. The average molecular weight is 286 g/mol. The fourth-order valence-electron chi connectivity index (χ4n) is 4.18. The van der Waals surface area contributed by atoms with Gasteiger partial charge in [0.1, 0.15) is 6.17 Å². The summed E-state index contributed by atoms with van der Waals surface area (Å²) in [5.41, 5.74) is 2.46. The minimum Gasteiger partial charge on any atom is -0.319 e. The Labute approximate surface area is 127 Å². The molecule has 1 aliphatic heterocycles. The monoisotopic (exact) mass is 286 g/mol. The first-order chi connectivity index (χ1) is 10.0. The summed E-state index contributed by atoms with van der Waals surface area (Å²) in [7, 11) is 0. The van der Waals surface area contributed by atoms with E-state index >= 15 is 0 Å². The smallest absolute Gasteiger partial charge is 0.238 e. The first kappa shape index (κ1) is 14.6. The van der Waals surface area contributed by atoms with Gasteiger partial charge in [0.15, 0.2) is 0 Å². The lowest BCUT2D eigenvalue weighted by Crippen LogP contribution is -2.43. The molecule has 3 unspecified atom stereocenters. The van der Waals surface area contributed by atoms with Crippen molar-refractivity contribution < 1.29 is 4.79 Å². The Kier molecular flexibility index (Phi) is 4.03. The highest BCUT2D eigenvalue weighted by atomic mass is 16.2. The van der Waals surface area contributed by atoms with E-state index in [2.05, 4.69) is 55.3 Å². The molecule has 1 N–H and O–H groups in total. The number of nitrogens with zero attached hydrogens (tertiary/aromatic N) is 1. The summed E-state index contributed by atoms with van der Waals surface area (Å²) in [5.74, 6) is 1.68. The summed E-state index contributed by atoms with van der Waals surface area (Å²) in [6.45, 7) is 7.21. The number of rotatable bonds is 2. The van der Waals surface area contributed by atoms with Crippen LogP contribution in [0.3, 0.4) is 0 Å². The van der Waals surface area contributed by atoms with E-state index in [0.717, 1.165) is 12.8 Å². The first-order valence-corrected chi connectivity index (χ1v) is 8.15. The number of benzene rings is 1. The highest BCUT2D eigenvalue weighted by molar-refractivity contribution is 5.81. The molecule has 1 amide bonds. The molecule has 3 heteroatoms. The van der Waals surface area contributed by atoms with Crippen LogP contribution in [0.1, 0.15) is 50.4 Å². The van der Waals surface area contributed by atoms with Crippen LogP contribution in [0.25, 0.3) is 0 Å². The number of hydrogen-bond donors (Lipinski definition) is 1. The highest BCUT2D eigenvalue weighted by Crippen LogP contribution is 2.36. The molecule has 0 radical (unpaired) electrons. The van der Waals surface area contributed by atoms with Gasteiger partial charge in [0.25, 0.3) is 0 Å².